The Balaban J connectivity index is 2.13. The minimum atomic E-state index is 0.279. The molecule has 106 valence electrons. The standard InChI is InChI=1S/C15H21Cl2NO/c1-9(2)10(3)8-18-14-4-5-19-15-12(14)6-11(16)7-13(15)17/h6-7,9-10,14,18H,4-5,8H2,1-3H3. The van der Waals surface area contributed by atoms with Crippen LogP contribution in [0.3, 0.4) is 0 Å². The molecule has 2 rings (SSSR count). The molecule has 19 heavy (non-hydrogen) atoms. The van der Waals surface area contributed by atoms with E-state index in [-0.39, 0.29) is 6.04 Å². The third kappa shape index (κ3) is 3.56. The number of fused-ring (bicyclic) bond motifs is 1. The number of rotatable bonds is 4. The molecule has 0 amide bonds. The second-order valence-corrected chi connectivity index (χ2v) is 6.47. The van der Waals surface area contributed by atoms with Gasteiger partial charge in [0.05, 0.1) is 11.6 Å². The maximum Gasteiger partial charge on any atom is 0.142 e. The van der Waals surface area contributed by atoms with Crippen molar-refractivity contribution >= 4 is 23.2 Å². The zero-order valence-electron chi connectivity index (χ0n) is 11.7. The lowest BCUT2D eigenvalue weighted by Crippen LogP contribution is -2.31. The van der Waals surface area contributed by atoms with Gasteiger partial charge in [-0.05, 0) is 30.5 Å². The van der Waals surface area contributed by atoms with Crippen LogP contribution in [0.4, 0.5) is 0 Å². The summed E-state index contributed by atoms with van der Waals surface area (Å²) < 4.78 is 5.66. The minimum absolute atomic E-state index is 0.279. The van der Waals surface area contributed by atoms with Crippen molar-refractivity contribution < 1.29 is 4.74 Å². The van der Waals surface area contributed by atoms with E-state index in [1.54, 1.807) is 6.07 Å². The first-order valence-electron chi connectivity index (χ1n) is 6.84. The van der Waals surface area contributed by atoms with Crippen molar-refractivity contribution in [2.75, 3.05) is 13.2 Å². The Morgan fingerprint density at radius 1 is 1.32 bits per heavy atom. The van der Waals surface area contributed by atoms with Crippen LogP contribution >= 0.6 is 23.2 Å². The number of ether oxygens (including phenoxy) is 1. The molecule has 2 unspecified atom stereocenters. The largest absolute Gasteiger partial charge is 0.492 e. The zero-order chi connectivity index (χ0) is 14.0. The number of benzene rings is 1. The molecule has 1 aromatic rings. The van der Waals surface area contributed by atoms with Gasteiger partial charge in [0, 0.05) is 23.0 Å². The van der Waals surface area contributed by atoms with E-state index in [1.807, 2.05) is 6.07 Å². The fourth-order valence-electron chi connectivity index (χ4n) is 2.20. The molecule has 1 aliphatic heterocycles. The van der Waals surface area contributed by atoms with Crippen molar-refractivity contribution in [2.45, 2.75) is 33.2 Å². The average Bonchev–Trinajstić information content (AvgIpc) is 2.35. The molecule has 0 saturated carbocycles. The Morgan fingerprint density at radius 3 is 2.74 bits per heavy atom. The van der Waals surface area contributed by atoms with Crippen molar-refractivity contribution in [3.05, 3.63) is 27.7 Å². The fourth-order valence-corrected chi connectivity index (χ4v) is 2.77. The first kappa shape index (κ1) is 15.0. The van der Waals surface area contributed by atoms with Gasteiger partial charge in [-0.1, -0.05) is 44.0 Å². The Hall–Kier alpha value is -0.440. The van der Waals surface area contributed by atoms with Gasteiger partial charge in [-0.15, -0.1) is 0 Å². The molecule has 1 aliphatic rings. The highest BCUT2D eigenvalue weighted by Crippen LogP contribution is 2.39. The van der Waals surface area contributed by atoms with Gasteiger partial charge in [0.15, 0.2) is 0 Å². The van der Waals surface area contributed by atoms with Crippen LogP contribution in [0.1, 0.15) is 38.8 Å². The number of nitrogens with one attached hydrogen (secondary N) is 1. The Bertz CT molecular complexity index is 448. The molecule has 0 aliphatic carbocycles. The highest BCUT2D eigenvalue weighted by atomic mass is 35.5. The topological polar surface area (TPSA) is 21.3 Å². The summed E-state index contributed by atoms with van der Waals surface area (Å²) in [5, 5.41) is 4.88. The van der Waals surface area contributed by atoms with E-state index >= 15 is 0 Å². The lowest BCUT2D eigenvalue weighted by atomic mass is 9.96. The van der Waals surface area contributed by atoms with Crippen molar-refractivity contribution in [1.29, 1.82) is 0 Å². The smallest absolute Gasteiger partial charge is 0.142 e. The summed E-state index contributed by atoms with van der Waals surface area (Å²) in [6, 6.07) is 3.97. The van der Waals surface area contributed by atoms with Crippen LogP contribution in [-0.4, -0.2) is 13.2 Å². The Labute approximate surface area is 125 Å². The summed E-state index contributed by atoms with van der Waals surface area (Å²) in [6.45, 7) is 8.45. The van der Waals surface area contributed by atoms with Crippen molar-refractivity contribution in [3.63, 3.8) is 0 Å². The van der Waals surface area contributed by atoms with Gasteiger partial charge in [0.2, 0.25) is 0 Å². The van der Waals surface area contributed by atoms with Gasteiger partial charge in [0.25, 0.3) is 0 Å². The lowest BCUT2D eigenvalue weighted by molar-refractivity contribution is 0.245. The normalized spacial score (nSPS) is 20.0. The molecule has 1 N–H and O–H groups in total. The van der Waals surface area contributed by atoms with Gasteiger partial charge in [-0.3, -0.25) is 0 Å². The Morgan fingerprint density at radius 2 is 2.05 bits per heavy atom. The van der Waals surface area contributed by atoms with E-state index in [9.17, 15) is 0 Å². The summed E-state index contributed by atoms with van der Waals surface area (Å²) in [7, 11) is 0. The zero-order valence-corrected chi connectivity index (χ0v) is 13.2. The summed E-state index contributed by atoms with van der Waals surface area (Å²) >= 11 is 12.3. The van der Waals surface area contributed by atoms with E-state index in [0.29, 0.717) is 28.5 Å². The molecule has 1 heterocycles. The summed E-state index contributed by atoms with van der Waals surface area (Å²) in [4.78, 5) is 0. The van der Waals surface area contributed by atoms with E-state index in [4.69, 9.17) is 27.9 Å². The van der Waals surface area contributed by atoms with Crippen LogP contribution in [0, 0.1) is 11.8 Å². The number of halogens is 2. The van der Waals surface area contributed by atoms with Crippen LogP contribution < -0.4 is 10.1 Å². The van der Waals surface area contributed by atoms with E-state index in [2.05, 4.69) is 26.1 Å². The maximum atomic E-state index is 6.19. The second kappa shape index (κ2) is 6.34. The molecule has 2 nitrogen and oxygen atoms in total. The molecule has 2 atom stereocenters. The van der Waals surface area contributed by atoms with Crippen LogP contribution in [0.25, 0.3) is 0 Å². The summed E-state index contributed by atoms with van der Waals surface area (Å²) in [5.74, 6) is 2.10. The highest BCUT2D eigenvalue weighted by Gasteiger charge is 2.24. The van der Waals surface area contributed by atoms with E-state index in [0.717, 1.165) is 24.3 Å². The van der Waals surface area contributed by atoms with Gasteiger partial charge < -0.3 is 10.1 Å². The van der Waals surface area contributed by atoms with E-state index in [1.165, 1.54) is 0 Å². The molecule has 0 fully saturated rings. The molecule has 0 bridgehead atoms. The van der Waals surface area contributed by atoms with Crippen LogP contribution in [0.15, 0.2) is 12.1 Å². The monoisotopic (exact) mass is 301 g/mol. The van der Waals surface area contributed by atoms with Crippen LogP contribution in [0.2, 0.25) is 10.0 Å². The Kier molecular flexibility index (Phi) is 4.99. The molecule has 0 spiro atoms. The SMILES string of the molecule is CC(C)C(C)CNC1CCOc2c(Cl)cc(Cl)cc21. The fraction of sp³-hybridized carbons (Fsp3) is 0.600. The molecule has 0 aromatic heterocycles. The van der Waals surface area contributed by atoms with Crippen LogP contribution in [0.5, 0.6) is 5.75 Å². The van der Waals surface area contributed by atoms with Crippen molar-refractivity contribution in [3.8, 4) is 5.75 Å². The van der Waals surface area contributed by atoms with Crippen molar-refractivity contribution in [1.82, 2.24) is 5.32 Å². The molecule has 0 saturated heterocycles. The third-order valence-corrected chi connectivity index (χ3v) is 4.39. The average molecular weight is 302 g/mol. The van der Waals surface area contributed by atoms with Gasteiger partial charge in [-0.2, -0.15) is 0 Å². The molecule has 4 heteroatoms. The van der Waals surface area contributed by atoms with Gasteiger partial charge in [-0.25, -0.2) is 0 Å². The first-order chi connectivity index (χ1) is 8.99. The summed E-state index contributed by atoms with van der Waals surface area (Å²) in [5.41, 5.74) is 1.08. The summed E-state index contributed by atoms with van der Waals surface area (Å²) in [6.07, 6.45) is 0.953. The minimum Gasteiger partial charge on any atom is -0.492 e. The number of hydrogen-bond acceptors (Lipinski definition) is 2. The quantitative estimate of drug-likeness (QED) is 0.870. The second-order valence-electron chi connectivity index (χ2n) is 5.63. The predicted octanol–water partition coefficient (Wildman–Crippen LogP) is 4.70. The van der Waals surface area contributed by atoms with Gasteiger partial charge >= 0.3 is 0 Å². The van der Waals surface area contributed by atoms with Crippen LogP contribution in [-0.2, 0) is 0 Å². The molecule has 0 radical (unpaired) electrons. The predicted molar refractivity (Wildman–Crippen MR) is 81.3 cm³/mol. The molecular weight excluding hydrogens is 281 g/mol. The maximum absolute atomic E-state index is 6.19. The third-order valence-electron chi connectivity index (χ3n) is 3.89. The van der Waals surface area contributed by atoms with Crippen molar-refractivity contribution in [2.24, 2.45) is 11.8 Å². The molecular formula is C15H21Cl2NO. The highest BCUT2D eigenvalue weighted by molar-refractivity contribution is 6.35. The molecule has 1 aromatic carbocycles. The first-order valence-corrected chi connectivity index (χ1v) is 7.59. The van der Waals surface area contributed by atoms with E-state index < -0.39 is 0 Å². The number of hydrogen-bond donors (Lipinski definition) is 1. The lowest BCUT2D eigenvalue weighted by Gasteiger charge is -2.29. The van der Waals surface area contributed by atoms with Gasteiger partial charge in [0.1, 0.15) is 5.75 Å².